The highest BCUT2D eigenvalue weighted by molar-refractivity contribution is 5.94. The van der Waals surface area contributed by atoms with Crippen LogP contribution in [0.1, 0.15) is 75.8 Å². The summed E-state index contributed by atoms with van der Waals surface area (Å²) in [5.41, 5.74) is -5.79. The summed E-state index contributed by atoms with van der Waals surface area (Å²) in [4.78, 5) is 24.7. The Bertz CT molecular complexity index is 1230. The number of amides is 2. The summed E-state index contributed by atoms with van der Waals surface area (Å²) >= 11 is 0. The third kappa shape index (κ3) is 3.77. The van der Waals surface area contributed by atoms with E-state index < -0.39 is 47.5 Å². The van der Waals surface area contributed by atoms with Gasteiger partial charge < -0.3 is 41.3 Å². The molecule has 3 saturated carbocycles. The highest BCUT2D eigenvalue weighted by Crippen LogP contribution is 2.75. The minimum atomic E-state index is -2.44. The van der Waals surface area contributed by atoms with Crippen molar-refractivity contribution in [2.45, 2.75) is 79.0 Å². The number of rotatable bonds is 7. The summed E-state index contributed by atoms with van der Waals surface area (Å²) in [5.74, 6) is -3.17. The van der Waals surface area contributed by atoms with Crippen molar-refractivity contribution in [3.63, 3.8) is 0 Å². The molecule has 39 heavy (non-hydrogen) atoms. The van der Waals surface area contributed by atoms with Gasteiger partial charge in [-0.2, -0.15) is 0 Å². The quantitative estimate of drug-likeness (QED) is 0.240. The molecule has 210 valence electrons. The van der Waals surface area contributed by atoms with Crippen LogP contribution in [0.2, 0.25) is 0 Å². The molecule has 0 aliphatic heterocycles. The molecule has 0 bridgehead atoms. The van der Waals surface area contributed by atoms with Crippen LogP contribution in [0.4, 0.5) is 0 Å². The molecule has 3 fully saturated rings. The average molecular weight is 541 g/mol. The van der Waals surface area contributed by atoms with Crippen LogP contribution in [0.15, 0.2) is 48.5 Å². The predicted molar refractivity (Wildman–Crippen MR) is 140 cm³/mol. The van der Waals surface area contributed by atoms with Gasteiger partial charge in [-0.3, -0.25) is 9.59 Å². The first-order chi connectivity index (χ1) is 18.5. The van der Waals surface area contributed by atoms with E-state index in [4.69, 9.17) is 0 Å². The zero-order valence-electron chi connectivity index (χ0n) is 21.7. The summed E-state index contributed by atoms with van der Waals surface area (Å²) in [5, 5.41) is 72.2. The number of aliphatic hydroxyl groups is 6. The Hall–Kier alpha value is -2.86. The van der Waals surface area contributed by atoms with E-state index in [2.05, 4.69) is 10.6 Å². The SMILES string of the molecule is CNC(=O)c1ccc(C2[C@]3(O)C(O)C(c4ccc(C(=O)NC5CCCCC5)cc4)[C@]3(O)[C@]2(O)[C@H](O)CO)cc1. The lowest BCUT2D eigenvalue weighted by Gasteiger charge is -2.80. The molecule has 8 N–H and O–H groups in total. The Balaban J connectivity index is 1.43. The number of nitrogens with one attached hydrogen (secondary N) is 2. The van der Waals surface area contributed by atoms with Crippen LogP contribution in [0.25, 0.3) is 0 Å². The number of hydrogen-bond donors (Lipinski definition) is 8. The minimum absolute atomic E-state index is 0.127. The molecule has 0 heterocycles. The van der Waals surface area contributed by atoms with Crippen molar-refractivity contribution in [1.29, 1.82) is 0 Å². The van der Waals surface area contributed by atoms with Crippen LogP contribution in [0, 0.1) is 0 Å². The summed E-state index contributed by atoms with van der Waals surface area (Å²) in [6, 6.07) is 12.1. The van der Waals surface area contributed by atoms with Gasteiger partial charge in [0.2, 0.25) is 0 Å². The molecule has 10 nitrogen and oxygen atoms in total. The lowest BCUT2D eigenvalue weighted by molar-refractivity contribution is -0.459. The number of hydrogen-bond acceptors (Lipinski definition) is 8. The molecule has 5 rings (SSSR count). The van der Waals surface area contributed by atoms with E-state index in [0.29, 0.717) is 16.7 Å². The van der Waals surface area contributed by atoms with Crippen molar-refractivity contribution in [3.05, 3.63) is 70.8 Å². The van der Waals surface area contributed by atoms with Gasteiger partial charge in [0, 0.05) is 30.1 Å². The van der Waals surface area contributed by atoms with E-state index in [0.717, 1.165) is 25.7 Å². The molecule has 0 radical (unpaired) electrons. The van der Waals surface area contributed by atoms with Crippen LogP contribution in [-0.2, 0) is 0 Å². The van der Waals surface area contributed by atoms with Gasteiger partial charge in [-0.1, -0.05) is 43.5 Å². The number of carbonyl (C=O) groups excluding carboxylic acids is 2. The minimum Gasteiger partial charge on any atom is -0.394 e. The van der Waals surface area contributed by atoms with Crippen molar-refractivity contribution in [2.24, 2.45) is 0 Å². The van der Waals surface area contributed by atoms with E-state index in [1.807, 2.05) is 0 Å². The monoisotopic (exact) mass is 540 g/mol. The van der Waals surface area contributed by atoms with Gasteiger partial charge in [-0.05, 0) is 48.2 Å². The first-order valence-corrected chi connectivity index (χ1v) is 13.4. The second-order valence-corrected chi connectivity index (χ2v) is 11.1. The van der Waals surface area contributed by atoms with E-state index in [9.17, 15) is 40.2 Å². The summed E-state index contributed by atoms with van der Waals surface area (Å²) in [6.45, 7) is -0.912. The zero-order valence-corrected chi connectivity index (χ0v) is 21.7. The lowest BCUT2D eigenvalue weighted by Crippen LogP contribution is -2.99. The van der Waals surface area contributed by atoms with E-state index in [1.165, 1.54) is 37.7 Å². The van der Waals surface area contributed by atoms with Crippen LogP contribution in [-0.4, -0.2) is 91.2 Å². The van der Waals surface area contributed by atoms with Crippen molar-refractivity contribution in [3.8, 4) is 0 Å². The molecular formula is C29H36N2O8. The smallest absolute Gasteiger partial charge is 0.251 e. The molecular weight excluding hydrogens is 504 g/mol. The van der Waals surface area contributed by atoms with Crippen molar-refractivity contribution >= 4 is 11.8 Å². The number of fused-ring (bicyclic) bond motifs is 1. The number of carbonyl (C=O) groups is 2. The van der Waals surface area contributed by atoms with Gasteiger partial charge in [0.1, 0.15) is 22.9 Å². The fourth-order valence-corrected chi connectivity index (χ4v) is 7.15. The topological polar surface area (TPSA) is 180 Å². The summed E-state index contributed by atoms with van der Waals surface area (Å²) in [7, 11) is 1.47. The second kappa shape index (κ2) is 9.96. The van der Waals surface area contributed by atoms with Gasteiger partial charge in [0.25, 0.3) is 11.8 Å². The maximum Gasteiger partial charge on any atom is 0.251 e. The van der Waals surface area contributed by atoms with Crippen molar-refractivity contribution < 1.29 is 40.2 Å². The van der Waals surface area contributed by atoms with Gasteiger partial charge in [0.15, 0.2) is 0 Å². The molecule has 0 saturated heterocycles. The van der Waals surface area contributed by atoms with Crippen LogP contribution >= 0.6 is 0 Å². The Morgan fingerprint density at radius 3 is 1.97 bits per heavy atom. The highest BCUT2D eigenvalue weighted by atomic mass is 16.5. The molecule has 0 aromatic heterocycles. The Morgan fingerprint density at radius 2 is 1.44 bits per heavy atom. The van der Waals surface area contributed by atoms with Gasteiger partial charge in [0.05, 0.1) is 18.6 Å². The molecule has 2 aromatic carbocycles. The third-order valence-electron chi connectivity index (χ3n) is 9.20. The Kier molecular flexibility index (Phi) is 7.07. The second-order valence-electron chi connectivity index (χ2n) is 11.1. The van der Waals surface area contributed by atoms with Gasteiger partial charge >= 0.3 is 0 Å². The first-order valence-electron chi connectivity index (χ1n) is 13.4. The molecule has 2 amide bonds. The van der Waals surface area contributed by atoms with Crippen LogP contribution < -0.4 is 10.6 Å². The number of aliphatic hydroxyl groups excluding tert-OH is 3. The molecule has 3 aliphatic rings. The van der Waals surface area contributed by atoms with Crippen LogP contribution in [0.5, 0.6) is 0 Å². The first kappa shape index (κ1) is 27.7. The molecule has 0 spiro atoms. The Morgan fingerprint density at radius 1 is 0.897 bits per heavy atom. The summed E-state index contributed by atoms with van der Waals surface area (Å²) < 4.78 is 0. The molecule has 2 aromatic rings. The average Bonchev–Trinajstić information content (AvgIpc) is 2.97. The number of benzene rings is 2. The lowest BCUT2D eigenvalue weighted by atomic mass is 9.30. The molecule has 3 unspecified atom stereocenters. The molecule has 10 heteroatoms. The predicted octanol–water partition coefficient (Wildman–Crippen LogP) is -0.0893. The highest BCUT2D eigenvalue weighted by Gasteiger charge is 2.93. The fraction of sp³-hybridized carbons (Fsp3) is 0.517. The zero-order chi connectivity index (χ0) is 28.2. The molecule has 3 aliphatic carbocycles. The summed E-state index contributed by atoms with van der Waals surface area (Å²) in [6.07, 6.45) is 1.79. The van der Waals surface area contributed by atoms with E-state index in [-0.39, 0.29) is 23.4 Å². The Labute approximate surface area is 226 Å². The normalized spacial score (nSPS) is 34.7. The van der Waals surface area contributed by atoms with E-state index in [1.54, 1.807) is 24.3 Å². The van der Waals surface area contributed by atoms with E-state index >= 15 is 0 Å². The van der Waals surface area contributed by atoms with Crippen LogP contribution in [0.3, 0.4) is 0 Å². The maximum atomic E-state index is 12.7. The standard InChI is InChI=1S/C29H36N2O8/c1-30-25(35)18-13-9-17(10-14-18)23-27(37,21(33)15-32)29(39)22(24(34)28(23,29)38)16-7-11-19(12-8-16)26(36)31-20-5-3-2-4-6-20/h7-14,20-24,32-34,37-39H,2-6,15H2,1H3,(H,30,35)(H,31,36)/t21-,22?,23?,24?,27+,28+,29+/m1/s1. The maximum absolute atomic E-state index is 12.7. The van der Waals surface area contributed by atoms with Gasteiger partial charge in [-0.25, -0.2) is 0 Å². The van der Waals surface area contributed by atoms with Gasteiger partial charge in [-0.15, -0.1) is 0 Å². The van der Waals surface area contributed by atoms with Crippen molar-refractivity contribution in [1.82, 2.24) is 10.6 Å². The third-order valence-corrected chi connectivity index (χ3v) is 9.20. The molecule has 7 atom stereocenters. The fourth-order valence-electron chi connectivity index (χ4n) is 7.15. The largest absolute Gasteiger partial charge is 0.394 e. The van der Waals surface area contributed by atoms with Crippen molar-refractivity contribution in [2.75, 3.05) is 13.7 Å².